The standard InChI is InChI=1S/C13H13N/c1-14-13-9-7-12(8-10-13)11-5-3-2-4-6-11/h2-6,9,12H,7-8,10H2/t12-/m1/s1. The Labute approximate surface area is 84.9 Å². The Morgan fingerprint density at radius 3 is 2.57 bits per heavy atom. The van der Waals surface area contributed by atoms with E-state index >= 15 is 0 Å². The maximum atomic E-state index is 6.92. The Hall–Kier alpha value is -1.55. The van der Waals surface area contributed by atoms with Crippen molar-refractivity contribution < 1.29 is 0 Å². The smallest absolute Gasteiger partial charge is 0.161 e. The molecule has 1 aliphatic carbocycles. The van der Waals surface area contributed by atoms with Crippen LogP contribution in [-0.4, -0.2) is 0 Å². The van der Waals surface area contributed by atoms with E-state index in [0.29, 0.717) is 5.92 Å². The van der Waals surface area contributed by atoms with Gasteiger partial charge in [0.15, 0.2) is 5.70 Å². The molecule has 1 aromatic carbocycles. The van der Waals surface area contributed by atoms with Crippen LogP contribution >= 0.6 is 0 Å². The van der Waals surface area contributed by atoms with Gasteiger partial charge in [-0.15, -0.1) is 0 Å². The van der Waals surface area contributed by atoms with Gasteiger partial charge in [-0.2, -0.15) is 0 Å². The van der Waals surface area contributed by atoms with Gasteiger partial charge < -0.3 is 0 Å². The second-order valence-electron chi connectivity index (χ2n) is 3.69. The van der Waals surface area contributed by atoms with Crippen LogP contribution in [-0.2, 0) is 0 Å². The monoisotopic (exact) mass is 183 g/mol. The summed E-state index contributed by atoms with van der Waals surface area (Å²) in [5.74, 6) is 0.627. The second kappa shape index (κ2) is 4.11. The van der Waals surface area contributed by atoms with Gasteiger partial charge in [-0.3, -0.25) is 0 Å². The molecule has 0 amide bonds. The first-order valence-corrected chi connectivity index (χ1v) is 5.01. The molecule has 0 unspecified atom stereocenters. The van der Waals surface area contributed by atoms with Gasteiger partial charge in [0.2, 0.25) is 0 Å². The third-order valence-corrected chi connectivity index (χ3v) is 2.80. The van der Waals surface area contributed by atoms with Crippen molar-refractivity contribution in [1.82, 2.24) is 0 Å². The van der Waals surface area contributed by atoms with Crippen LogP contribution in [0.2, 0.25) is 0 Å². The topological polar surface area (TPSA) is 4.36 Å². The molecule has 0 aliphatic heterocycles. The van der Waals surface area contributed by atoms with Gasteiger partial charge in [0.1, 0.15) is 0 Å². The third-order valence-electron chi connectivity index (χ3n) is 2.80. The van der Waals surface area contributed by atoms with Crippen LogP contribution in [0.4, 0.5) is 0 Å². The average molecular weight is 183 g/mol. The molecule has 0 spiro atoms. The predicted molar refractivity (Wildman–Crippen MR) is 57.7 cm³/mol. The maximum absolute atomic E-state index is 6.92. The first-order chi connectivity index (χ1) is 6.90. The highest BCUT2D eigenvalue weighted by Crippen LogP contribution is 2.32. The number of hydrogen-bond donors (Lipinski definition) is 0. The minimum absolute atomic E-state index is 0.627. The predicted octanol–water partition coefficient (Wildman–Crippen LogP) is 3.76. The lowest BCUT2D eigenvalue weighted by atomic mass is 9.87. The average Bonchev–Trinajstić information content (AvgIpc) is 2.30. The molecular formula is C13H13N. The van der Waals surface area contributed by atoms with Crippen molar-refractivity contribution in [2.75, 3.05) is 0 Å². The van der Waals surface area contributed by atoms with Gasteiger partial charge >= 0.3 is 0 Å². The van der Waals surface area contributed by atoms with Crippen molar-refractivity contribution >= 4 is 0 Å². The normalized spacial score (nSPS) is 21.1. The van der Waals surface area contributed by atoms with Gasteiger partial charge in [-0.1, -0.05) is 42.8 Å². The summed E-state index contributed by atoms with van der Waals surface area (Å²) in [4.78, 5) is 3.49. The summed E-state index contributed by atoms with van der Waals surface area (Å²) in [6.07, 6.45) is 5.19. The fourth-order valence-electron chi connectivity index (χ4n) is 1.95. The molecule has 0 saturated carbocycles. The highest BCUT2D eigenvalue weighted by atomic mass is 14.7. The molecule has 2 rings (SSSR count). The van der Waals surface area contributed by atoms with Gasteiger partial charge in [0.05, 0.1) is 6.57 Å². The van der Waals surface area contributed by atoms with Crippen LogP contribution in [0, 0.1) is 6.57 Å². The van der Waals surface area contributed by atoms with Crippen LogP contribution in [0.15, 0.2) is 42.1 Å². The Balaban J connectivity index is 2.11. The summed E-state index contributed by atoms with van der Waals surface area (Å²) in [5, 5.41) is 0. The molecule has 0 fully saturated rings. The van der Waals surface area contributed by atoms with E-state index < -0.39 is 0 Å². The lowest BCUT2D eigenvalue weighted by Crippen LogP contribution is -2.02. The zero-order valence-electron chi connectivity index (χ0n) is 8.11. The molecule has 70 valence electrons. The minimum atomic E-state index is 0.627. The van der Waals surface area contributed by atoms with E-state index in [2.05, 4.69) is 35.2 Å². The third kappa shape index (κ3) is 1.85. The quantitative estimate of drug-likeness (QED) is 0.584. The number of allylic oxidation sites excluding steroid dienone is 2. The molecule has 0 heterocycles. The summed E-state index contributed by atoms with van der Waals surface area (Å²) in [5.41, 5.74) is 2.35. The Morgan fingerprint density at radius 2 is 2.00 bits per heavy atom. The zero-order valence-corrected chi connectivity index (χ0v) is 8.11. The van der Waals surface area contributed by atoms with E-state index in [1.807, 2.05) is 6.07 Å². The Kier molecular flexibility index (Phi) is 2.65. The molecule has 0 aromatic heterocycles. The highest BCUT2D eigenvalue weighted by Gasteiger charge is 2.15. The van der Waals surface area contributed by atoms with E-state index in [4.69, 9.17) is 6.57 Å². The van der Waals surface area contributed by atoms with Crippen molar-refractivity contribution in [1.29, 1.82) is 0 Å². The molecule has 1 heteroatoms. The second-order valence-corrected chi connectivity index (χ2v) is 3.69. The number of benzene rings is 1. The first kappa shape index (κ1) is 9.02. The van der Waals surface area contributed by atoms with Crippen LogP contribution in [0.5, 0.6) is 0 Å². The molecule has 0 saturated heterocycles. The zero-order chi connectivity index (χ0) is 9.80. The van der Waals surface area contributed by atoms with Crippen LogP contribution in [0.25, 0.3) is 4.85 Å². The highest BCUT2D eigenvalue weighted by molar-refractivity contribution is 5.24. The van der Waals surface area contributed by atoms with Crippen molar-refractivity contribution in [3.05, 3.63) is 59.1 Å². The van der Waals surface area contributed by atoms with Crippen molar-refractivity contribution in [3.63, 3.8) is 0 Å². The molecule has 1 atom stereocenters. The van der Waals surface area contributed by atoms with Gasteiger partial charge in [-0.05, 0) is 24.3 Å². The Bertz CT molecular complexity index is 370. The van der Waals surface area contributed by atoms with Gasteiger partial charge in [-0.25, -0.2) is 4.85 Å². The lowest BCUT2D eigenvalue weighted by molar-refractivity contribution is 0.605. The first-order valence-electron chi connectivity index (χ1n) is 5.01. The fraction of sp³-hybridized carbons (Fsp3) is 0.308. The fourth-order valence-corrected chi connectivity index (χ4v) is 1.95. The molecule has 1 nitrogen and oxygen atoms in total. The van der Waals surface area contributed by atoms with E-state index in [1.54, 1.807) is 0 Å². The van der Waals surface area contributed by atoms with Crippen LogP contribution in [0.3, 0.4) is 0 Å². The molecule has 14 heavy (non-hydrogen) atoms. The van der Waals surface area contributed by atoms with Gasteiger partial charge in [0.25, 0.3) is 0 Å². The van der Waals surface area contributed by atoms with E-state index in [1.165, 1.54) is 5.56 Å². The summed E-state index contributed by atoms with van der Waals surface area (Å²) in [6.45, 7) is 6.92. The summed E-state index contributed by atoms with van der Waals surface area (Å²) >= 11 is 0. The Morgan fingerprint density at radius 1 is 1.21 bits per heavy atom. The van der Waals surface area contributed by atoms with Crippen molar-refractivity contribution in [3.8, 4) is 0 Å². The lowest BCUT2D eigenvalue weighted by Gasteiger charge is -2.19. The van der Waals surface area contributed by atoms with E-state index in [-0.39, 0.29) is 0 Å². The van der Waals surface area contributed by atoms with Crippen LogP contribution in [0.1, 0.15) is 30.7 Å². The van der Waals surface area contributed by atoms with Crippen molar-refractivity contribution in [2.45, 2.75) is 25.2 Å². The maximum Gasteiger partial charge on any atom is 0.161 e. The summed E-state index contributed by atoms with van der Waals surface area (Å²) < 4.78 is 0. The molecule has 1 aromatic rings. The summed E-state index contributed by atoms with van der Waals surface area (Å²) in [7, 11) is 0. The van der Waals surface area contributed by atoms with Gasteiger partial charge in [0, 0.05) is 0 Å². The van der Waals surface area contributed by atoms with Crippen molar-refractivity contribution in [2.24, 2.45) is 0 Å². The SMILES string of the molecule is [C-]#[N+]C1=CC[C@@H](c2ccccc2)CC1. The summed E-state index contributed by atoms with van der Waals surface area (Å²) in [6, 6.07) is 10.6. The molecular weight excluding hydrogens is 170 g/mol. The number of rotatable bonds is 1. The molecule has 1 aliphatic rings. The minimum Gasteiger partial charge on any atom is -0.243 e. The van der Waals surface area contributed by atoms with Crippen LogP contribution < -0.4 is 0 Å². The number of nitrogens with zero attached hydrogens (tertiary/aromatic N) is 1. The molecule has 0 radical (unpaired) electrons. The van der Waals surface area contributed by atoms with E-state index in [9.17, 15) is 0 Å². The molecule has 0 N–H and O–H groups in total. The van der Waals surface area contributed by atoms with E-state index in [0.717, 1.165) is 25.0 Å². The number of hydrogen-bond acceptors (Lipinski definition) is 0. The molecule has 0 bridgehead atoms. The largest absolute Gasteiger partial charge is 0.243 e.